The maximum Gasteiger partial charge on any atom is 0.174 e. The summed E-state index contributed by atoms with van der Waals surface area (Å²) < 4.78 is 0.688. The fourth-order valence-corrected chi connectivity index (χ4v) is 1.20. The lowest BCUT2D eigenvalue weighted by Gasteiger charge is -1.92. The van der Waals surface area contributed by atoms with Crippen LogP contribution in [0, 0.1) is 0 Å². The number of hydrogen-bond donors (Lipinski definition) is 3. The molecule has 1 aromatic rings. The number of nitrogens with two attached hydrogens (primary N) is 2. The maximum atomic E-state index is 5.39. The Morgan fingerprint density at radius 1 is 1.40 bits per heavy atom. The summed E-state index contributed by atoms with van der Waals surface area (Å²) in [6, 6.07) is 0. The molecule has 0 unspecified atom stereocenters. The highest BCUT2D eigenvalue weighted by atomic mass is 79.9. The van der Waals surface area contributed by atoms with E-state index in [1.807, 2.05) is 0 Å². The van der Waals surface area contributed by atoms with Crippen LogP contribution in [-0.4, -0.2) is 9.97 Å². The van der Waals surface area contributed by atoms with Gasteiger partial charge >= 0.3 is 0 Å². The Morgan fingerprint density at radius 2 is 2.10 bits per heavy atom. The van der Waals surface area contributed by atoms with Crippen molar-refractivity contribution in [3.8, 4) is 0 Å². The zero-order chi connectivity index (χ0) is 7.56. The van der Waals surface area contributed by atoms with Gasteiger partial charge in [-0.25, -0.2) is 4.98 Å². The Kier molecular flexibility index (Phi) is 2.42. The van der Waals surface area contributed by atoms with Crippen molar-refractivity contribution in [1.29, 1.82) is 0 Å². The minimum absolute atomic E-state index is 0.425. The molecule has 1 heterocycles. The number of halogens is 1. The predicted molar refractivity (Wildman–Crippen MR) is 42.1 cm³/mol. The third-order valence-electron chi connectivity index (χ3n) is 1.23. The summed E-state index contributed by atoms with van der Waals surface area (Å²) in [5, 5.41) is 0. The Balaban J connectivity index is 2.96. The molecule has 1 aromatic heterocycles. The number of nitrogens with zero attached hydrogens (tertiary/aromatic N) is 1. The van der Waals surface area contributed by atoms with Gasteiger partial charge in [-0.2, -0.15) is 0 Å². The second-order valence-electron chi connectivity index (χ2n) is 1.86. The summed E-state index contributed by atoms with van der Waals surface area (Å²) in [5.41, 5.74) is 12.5. The van der Waals surface area contributed by atoms with Crippen LogP contribution in [0.1, 0.15) is 11.4 Å². The van der Waals surface area contributed by atoms with Gasteiger partial charge in [0.2, 0.25) is 0 Å². The van der Waals surface area contributed by atoms with Crippen LogP contribution in [0.5, 0.6) is 0 Å². The van der Waals surface area contributed by atoms with E-state index in [1.54, 1.807) is 0 Å². The zero-order valence-corrected chi connectivity index (χ0v) is 6.98. The lowest BCUT2D eigenvalue weighted by Crippen LogP contribution is -2.05. The van der Waals surface area contributed by atoms with Crippen molar-refractivity contribution < 1.29 is 0 Å². The maximum absolute atomic E-state index is 5.39. The quantitative estimate of drug-likeness (QED) is 0.639. The van der Waals surface area contributed by atoms with E-state index in [-0.39, 0.29) is 0 Å². The van der Waals surface area contributed by atoms with E-state index in [4.69, 9.17) is 11.5 Å². The molecule has 0 radical (unpaired) electrons. The van der Waals surface area contributed by atoms with E-state index >= 15 is 0 Å². The van der Waals surface area contributed by atoms with Crippen molar-refractivity contribution in [3.63, 3.8) is 0 Å². The van der Waals surface area contributed by atoms with Gasteiger partial charge in [-0.05, 0) is 15.9 Å². The third kappa shape index (κ3) is 1.36. The van der Waals surface area contributed by atoms with Crippen LogP contribution >= 0.6 is 15.9 Å². The highest BCUT2D eigenvalue weighted by Crippen LogP contribution is 2.09. The Morgan fingerprint density at radius 3 is 2.50 bits per heavy atom. The van der Waals surface area contributed by atoms with Crippen molar-refractivity contribution >= 4 is 15.9 Å². The molecule has 0 amide bonds. The van der Waals surface area contributed by atoms with E-state index in [9.17, 15) is 0 Å². The number of hydrogen-bond acceptors (Lipinski definition) is 3. The number of nitrogens with one attached hydrogen (secondary N) is 1. The number of imidazole rings is 1. The summed E-state index contributed by atoms with van der Waals surface area (Å²) in [5.74, 6) is 0. The molecule has 0 aliphatic heterocycles. The molecule has 5 N–H and O–H groups in total. The van der Waals surface area contributed by atoms with Crippen LogP contribution in [0.2, 0.25) is 0 Å². The molecule has 4 nitrogen and oxygen atoms in total. The molecule has 0 aliphatic rings. The van der Waals surface area contributed by atoms with Gasteiger partial charge in [0.15, 0.2) is 4.73 Å². The first-order chi connectivity index (χ1) is 4.77. The van der Waals surface area contributed by atoms with Crippen molar-refractivity contribution in [2.45, 2.75) is 13.1 Å². The second kappa shape index (κ2) is 3.14. The fraction of sp³-hybridized carbons (Fsp3) is 0.400. The van der Waals surface area contributed by atoms with Gasteiger partial charge < -0.3 is 16.5 Å². The van der Waals surface area contributed by atoms with Gasteiger partial charge in [0.1, 0.15) is 0 Å². The average molecular weight is 205 g/mol. The molecule has 0 bridgehead atoms. The van der Waals surface area contributed by atoms with Crippen LogP contribution in [0.4, 0.5) is 0 Å². The topological polar surface area (TPSA) is 80.7 Å². The monoisotopic (exact) mass is 204 g/mol. The molecule has 5 heteroatoms. The minimum Gasteiger partial charge on any atom is -0.335 e. The van der Waals surface area contributed by atoms with E-state index < -0.39 is 0 Å². The predicted octanol–water partition coefficient (Wildman–Crippen LogP) is 0.0896. The van der Waals surface area contributed by atoms with Crippen LogP contribution in [0.15, 0.2) is 4.73 Å². The smallest absolute Gasteiger partial charge is 0.174 e. The van der Waals surface area contributed by atoms with Crippen LogP contribution in [-0.2, 0) is 13.1 Å². The first-order valence-electron chi connectivity index (χ1n) is 2.91. The minimum atomic E-state index is 0.425. The normalized spacial score (nSPS) is 10.3. The van der Waals surface area contributed by atoms with Gasteiger partial charge in [-0.1, -0.05) is 0 Å². The molecule has 1 rings (SSSR count). The van der Waals surface area contributed by atoms with Crippen LogP contribution < -0.4 is 11.5 Å². The van der Waals surface area contributed by atoms with Crippen molar-refractivity contribution in [1.82, 2.24) is 9.97 Å². The molecule has 0 aliphatic carbocycles. The van der Waals surface area contributed by atoms with Crippen molar-refractivity contribution in [2.75, 3.05) is 0 Å². The molecule has 0 spiro atoms. The first kappa shape index (κ1) is 7.71. The summed E-state index contributed by atoms with van der Waals surface area (Å²) in [7, 11) is 0. The van der Waals surface area contributed by atoms with Crippen LogP contribution in [0.3, 0.4) is 0 Å². The Labute approximate surface area is 67.1 Å². The van der Waals surface area contributed by atoms with E-state index in [0.29, 0.717) is 17.8 Å². The van der Waals surface area contributed by atoms with Crippen LogP contribution in [0.25, 0.3) is 0 Å². The third-order valence-corrected chi connectivity index (χ3v) is 1.61. The molecule has 0 aromatic carbocycles. The number of aromatic amines is 1. The molecule has 0 saturated carbocycles. The molecular formula is C5H9BrN4. The molecule has 0 atom stereocenters. The Bertz CT molecular complexity index is 198. The first-order valence-corrected chi connectivity index (χ1v) is 3.70. The van der Waals surface area contributed by atoms with Gasteiger partial charge in [-0.3, -0.25) is 0 Å². The van der Waals surface area contributed by atoms with Gasteiger partial charge in [-0.15, -0.1) is 0 Å². The molecule has 10 heavy (non-hydrogen) atoms. The summed E-state index contributed by atoms with van der Waals surface area (Å²) in [6.45, 7) is 0.875. The van der Waals surface area contributed by atoms with E-state index in [2.05, 4.69) is 25.9 Å². The van der Waals surface area contributed by atoms with E-state index in [1.165, 1.54) is 0 Å². The average Bonchev–Trinajstić information content (AvgIpc) is 2.30. The van der Waals surface area contributed by atoms with Crippen molar-refractivity contribution in [2.24, 2.45) is 11.5 Å². The molecular weight excluding hydrogens is 196 g/mol. The highest BCUT2D eigenvalue weighted by molar-refractivity contribution is 9.10. The molecule has 0 fully saturated rings. The standard InChI is InChI=1S/C5H9BrN4/c6-5-9-3(1-7)4(2-8)10-5/h1-2,7-8H2,(H,9,10). The van der Waals surface area contributed by atoms with Crippen molar-refractivity contribution in [3.05, 3.63) is 16.1 Å². The SMILES string of the molecule is NCc1nc(Br)[nH]c1CN. The summed E-state index contributed by atoms with van der Waals surface area (Å²) in [4.78, 5) is 7.00. The second-order valence-corrected chi connectivity index (χ2v) is 2.61. The van der Waals surface area contributed by atoms with Gasteiger partial charge in [0.05, 0.1) is 11.4 Å². The zero-order valence-electron chi connectivity index (χ0n) is 5.39. The number of H-pyrrole nitrogens is 1. The lowest BCUT2D eigenvalue weighted by atomic mass is 10.3. The largest absolute Gasteiger partial charge is 0.335 e. The van der Waals surface area contributed by atoms with Gasteiger partial charge in [0.25, 0.3) is 0 Å². The van der Waals surface area contributed by atoms with Gasteiger partial charge in [0, 0.05) is 13.1 Å². The summed E-state index contributed by atoms with van der Waals surface area (Å²) >= 11 is 3.19. The summed E-state index contributed by atoms with van der Waals surface area (Å²) in [6.07, 6.45) is 0. The fourth-order valence-electron chi connectivity index (χ4n) is 0.748. The number of aromatic nitrogens is 2. The Hall–Kier alpha value is -0.390. The van der Waals surface area contributed by atoms with E-state index in [0.717, 1.165) is 11.4 Å². The lowest BCUT2D eigenvalue weighted by molar-refractivity contribution is 0.931. The molecule has 56 valence electrons. The number of rotatable bonds is 2. The highest BCUT2D eigenvalue weighted by Gasteiger charge is 2.03. The molecule has 0 saturated heterocycles.